The van der Waals surface area contributed by atoms with Gasteiger partial charge in [0.05, 0.1) is 12.1 Å². The highest BCUT2D eigenvalue weighted by molar-refractivity contribution is 9.10. The van der Waals surface area contributed by atoms with Crippen LogP contribution in [0.3, 0.4) is 0 Å². The summed E-state index contributed by atoms with van der Waals surface area (Å²) in [6.07, 6.45) is 0. The van der Waals surface area contributed by atoms with Crippen LogP contribution in [-0.4, -0.2) is 30.1 Å². The summed E-state index contributed by atoms with van der Waals surface area (Å²) in [7, 11) is 2.88. The molecule has 6 heteroatoms. The lowest BCUT2D eigenvalue weighted by Crippen LogP contribution is -2.26. The molecular weight excluding hydrogens is 271 g/mol. The number of halogens is 2. The standard InChI is InChI=1S/C8H8BrClN2O2/c1-12(14-2)8(13)7-5(10)3-4-6(9)11-7/h3-4H,1-2H3. The smallest absolute Gasteiger partial charge is 0.274 e. The van der Waals surface area contributed by atoms with E-state index in [0.29, 0.717) is 9.63 Å². The molecule has 76 valence electrons. The Balaban J connectivity index is 3.06. The van der Waals surface area contributed by atoms with Crippen molar-refractivity contribution >= 4 is 33.4 Å². The molecule has 1 amide bonds. The molecule has 1 heterocycles. The number of aromatic nitrogens is 1. The van der Waals surface area contributed by atoms with Gasteiger partial charge in [-0.25, -0.2) is 10.0 Å². The molecule has 0 spiro atoms. The van der Waals surface area contributed by atoms with Crippen LogP contribution in [0.5, 0.6) is 0 Å². The lowest BCUT2D eigenvalue weighted by Gasteiger charge is -2.13. The first-order valence-corrected chi connectivity index (χ1v) is 4.87. The van der Waals surface area contributed by atoms with Gasteiger partial charge in [-0.15, -0.1) is 0 Å². The highest BCUT2D eigenvalue weighted by atomic mass is 79.9. The van der Waals surface area contributed by atoms with Crippen LogP contribution >= 0.6 is 27.5 Å². The topological polar surface area (TPSA) is 42.4 Å². The zero-order valence-corrected chi connectivity index (χ0v) is 9.96. The summed E-state index contributed by atoms with van der Waals surface area (Å²) >= 11 is 8.96. The van der Waals surface area contributed by atoms with Gasteiger partial charge in [0, 0.05) is 7.05 Å². The van der Waals surface area contributed by atoms with Gasteiger partial charge in [-0.05, 0) is 28.1 Å². The maximum Gasteiger partial charge on any atom is 0.297 e. The molecule has 1 aromatic rings. The third-order valence-corrected chi connectivity index (χ3v) is 2.32. The van der Waals surface area contributed by atoms with E-state index < -0.39 is 0 Å². The van der Waals surface area contributed by atoms with E-state index in [9.17, 15) is 4.79 Å². The summed E-state index contributed by atoms with van der Waals surface area (Å²) in [5.74, 6) is -0.390. The van der Waals surface area contributed by atoms with E-state index in [1.807, 2.05) is 0 Å². The molecule has 4 nitrogen and oxygen atoms in total. The van der Waals surface area contributed by atoms with Crippen molar-refractivity contribution in [3.8, 4) is 0 Å². The molecule has 0 aliphatic heterocycles. The van der Waals surface area contributed by atoms with Crippen molar-refractivity contribution in [3.05, 3.63) is 27.5 Å². The summed E-state index contributed by atoms with van der Waals surface area (Å²) in [4.78, 5) is 20.3. The van der Waals surface area contributed by atoms with Crippen LogP contribution in [0.25, 0.3) is 0 Å². The van der Waals surface area contributed by atoms with E-state index >= 15 is 0 Å². The maximum absolute atomic E-state index is 11.6. The van der Waals surface area contributed by atoms with Gasteiger partial charge in [0.1, 0.15) is 10.3 Å². The maximum atomic E-state index is 11.6. The summed E-state index contributed by atoms with van der Waals surface area (Å²) in [5, 5.41) is 1.35. The number of pyridine rings is 1. The first-order valence-electron chi connectivity index (χ1n) is 3.70. The highest BCUT2D eigenvalue weighted by Gasteiger charge is 2.16. The number of hydrogen-bond donors (Lipinski definition) is 0. The number of hydrogen-bond acceptors (Lipinski definition) is 3. The Kier molecular flexibility index (Phi) is 3.86. The minimum absolute atomic E-state index is 0.158. The van der Waals surface area contributed by atoms with Crippen LogP contribution in [0, 0.1) is 0 Å². The Bertz CT molecular complexity index is 359. The van der Waals surface area contributed by atoms with Gasteiger partial charge < -0.3 is 0 Å². The molecule has 0 radical (unpaired) electrons. The third kappa shape index (κ3) is 2.43. The van der Waals surface area contributed by atoms with Crippen LogP contribution in [0.4, 0.5) is 0 Å². The van der Waals surface area contributed by atoms with Gasteiger partial charge in [0.25, 0.3) is 5.91 Å². The van der Waals surface area contributed by atoms with Crippen LogP contribution < -0.4 is 0 Å². The van der Waals surface area contributed by atoms with E-state index in [0.717, 1.165) is 5.06 Å². The van der Waals surface area contributed by atoms with Crippen LogP contribution in [0.2, 0.25) is 5.02 Å². The number of hydroxylamine groups is 2. The Labute approximate surface area is 94.9 Å². The number of amides is 1. The number of carbonyl (C=O) groups is 1. The normalized spacial score (nSPS) is 10.0. The van der Waals surface area contributed by atoms with Crippen molar-refractivity contribution < 1.29 is 9.63 Å². The van der Waals surface area contributed by atoms with Gasteiger partial charge in [-0.3, -0.25) is 9.63 Å². The minimum Gasteiger partial charge on any atom is -0.274 e. The van der Waals surface area contributed by atoms with Gasteiger partial charge >= 0.3 is 0 Å². The van der Waals surface area contributed by atoms with Crippen molar-refractivity contribution in [2.75, 3.05) is 14.2 Å². The van der Waals surface area contributed by atoms with Crippen LogP contribution in [0.15, 0.2) is 16.7 Å². The molecule has 0 N–H and O–H groups in total. The number of carbonyl (C=O) groups excluding carboxylic acids is 1. The fraction of sp³-hybridized carbons (Fsp3) is 0.250. The van der Waals surface area contributed by atoms with E-state index in [-0.39, 0.29) is 11.6 Å². The average Bonchev–Trinajstić information content (AvgIpc) is 2.19. The van der Waals surface area contributed by atoms with E-state index in [2.05, 4.69) is 20.9 Å². The Morgan fingerprint density at radius 2 is 2.29 bits per heavy atom. The zero-order chi connectivity index (χ0) is 10.7. The molecule has 0 bridgehead atoms. The van der Waals surface area contributed by atoms with E-state index in [1.165, 1.54) is 14.2 Å². The molecular formula is C8H8BrClN2O2. The molecule has 0 fully saturated rings. The van der Waals surface area contributed by atoms with Crippen molar-refractivity contribution in [2.45, 2.75) is 0 Å². The second-order valence-corrected chi connectivity index (χ2v) is 3.67. The summed E-state index contributed by atoms with van der Waals surface area (Å²) < 4.78 is 0.551. The highest BCUT2D eigenvalue weighted by Crippen LogP contribution is 2.18. The molecule has 1 rings (SSSR count). The summed E-state index contributed by atoms with van der Waals surface area (Å²) in [5.41, 5.74) is 0.158. The predicted octanol–water partition coefficient (Wildman–Crippen LogP) is 2.13. The fourth-order valence-electron chi connectivity index (χ4n) is 0.800. The van der Waals surface area contributed by atoms with E-state index in [1.54, 1.807) is 12.1 Å². The Morgan fingerprint density at radius 3 is 2.86 bits per heavy atom. The van der Waals surface area contributed by atoms with E-state index in [4.69, 9.17) is 16.4 Å². The van der Waals surface area contributed by atoms with Gasteiger partial charge in [-0.1, -0.05) is 11.6 Å². The second kappa shape index (κ2) is 4.72. The van der Waals surface area contributed by atoms with Gasteiger partial charge in [-0.2, -0.15) is 0 Å². The SMILES string of the molecule is CON(C)C(=O)c1nc(Br)ccc1Cl. The molecule has 0 saturated heterocycles. The molecule has 0 unspecified atom stereocenters. The lowest BCUT2D eigenvalue weighted by molar-refractivity contribution is -0.0760. The lowest BCUT2D eigenvalue weighted by atomic mass is 10.3. The number of rotatable bonds is 2. The quantitative estimate of drug-likeness (QED) is 0.615. The van der Waals surface area contributed by atoms with Crippen LogP contribution in [-0.2, 0) is 4.84 Å². The van der Waals surface area contributed by atoms with Crippen LogP contribution in [0.1, 0.15) is 10.5 Å². The first kappa shape index (κ1) is 11.4. The van der Waals surface area contributed by atoms with Gasteiger partial charge in [0.15, 0.2) is 0 Å². The predicted molar refractivity (Wildman–Crippen MR) is 56.0 cm³/mol. The van der Waals surface area contributed by atoms with Crippen molar-refractivity contribution in [3.63, 3.8) is 0 Å². The largest absolute Gasteiger partial charge is 0.297 e. The average molecular weight is 280 g/mol. The molecule has 0 aromatic carbocycles. The molecule has 0 aliphatic carbocycles. The molecule has 1 aromatic heterocycles. The monoisotopic (exact) mass is 278 g/mol. The molecule has 0 atom stereocenters. The number of nitrogens with zero attached hydrogens (tertiary/aromatic N) is 2. The minimum atomic E-state index is -0.390. The molecule has 14 heavy (non-hydrogen) atoms. The summed E-state index contributed by atoms with van der Waals surface area (Å²) in [6.45, 7) is 0. The summed E-state index contributed by atoms with van der Waals surface area (Å²) in [6, 6.07) is 3.25. The van der Waals surface area contributed by atoms with Gasteiger partial charge in [0.2, 0.25) is 0 Å². The van der Waals surface area contributed by atoms with Crippen molar-refractivity contribution in [2.24, 2.45) is 0 Å². The second-order valence-electron chi connectivity index (χ2n) is 2.45. The van der Waals surface area contributed by atoms with Crippen molar-refractivity contribution in [1.29, 1.82) is 0 Å². The fourth-order valence-corrected chi connectivity index (χ4v) is 1.30. The molecule has 0 saturated carbocycles. The Hall–Kier alpha value is -0.650. The first-order chi connectivity index (χ1) is 6.56. The van der Waals surface area contributed by atoms with Crippen molar-refractivity contribution in [1.82, 2.24) is 10.0 Å². The third-order valence-electron chi connectivity index (χ3n) is 1.57. The zero-order valence-electron chi connectivity index (χ0n) is 7.62. The Morgan fingerprint density at radius 1 is 1.64 bits per heavy atom. The molecule has 0 aliphatic rings.